The van der Waals surface area contributed by atoms with Crippen LogP contribution in [0.3, 0.4) is 0 Å². The van der Waals surface area contributed by atoms with Gasteiger partial charge in [-0.2, -0.15) is 31.6 Å². The van der Waals surface area contributed by atoms with Gasteiger partial charge in [0.25, 0.3) is 0 Å². The number of nitrogens with zero attached hydrogens (tertiary/aromatic N) is 1. The van der Waals surface area contributed by atoms with Gasteiger partial charge >= 0.3 is 12.4 Å². The number of halogens is 6. The summed E-state index contributed by atoms with van der Waals surface area (Å²) in [5, 5.41) is 22.7. The van der Waals surface area contributed by atoms with E-state index in [-0.39, 0.29) is 17.0 Å². The largest absolute Gasteiger partial charge is 0.508 e. The Morgan fingerprint density at radius 2 is 1.74 bits per heavy atom. The molecule has 0 aromatic heterocycles. The molecule has 1 saturated heterocycles. The van der Waals surface area contributed by atoms with Crippen molar-refractivity contribution in [1.82, 2.24) is 5.32 Å². The number of carbonyl (C=O) groups excluding carboxylic acids is 1. The molecule has 3 rings (SSSR count). The molecule has 1 aliphatic rings. The van der Waals surface area contributed by atoms with Gasteiger partial charge in [0.2, 0.25) is 5.91 Å². The zero-order valence-corrected chi connectivity index (χ0v) is 15.6. The van der Waals surface area contributed by atoms with Gasteiger partial charge in [-0.25, -0.2) is 0 Å². The lowest BCUT2D eigenvalue weighted by Crippen LogP contribution is -2.46. The molecule has 0 radical (unpaired) electrons. The summed E-state index contributed by atoms with van der Waals surface area (Å²) in [7, 11) is 0. The van der Waals surface area contributed by atoms with E-state index in [2.05, 4.69) is 10.6 Å². The highest BCUT2D eigenvalue weighted by Crippen LogP contribution is 2.42. The Hall–Kier alpha value is -3.26. The van der Waals surface area contributed by atoms with Crippen molar-refractivity contribution < 1.29 is 36.2 Å². The number of benzene rings is 2. The van der Waals surface area contributed by atoms with Gasteiger partial charge in [0.1, 0.15) is 11.8 Å². The molecule has 3 unspecified atom stereocenters. The lowest BCUT2D eigenvalue weighted by molar-refractivity contribution is -0.156. The van der Waals surface area contributed by atoms with E-state index in [0.717, 1.165) is 12.1 Å². The van der Waals surface area contributed by atoms with Crippen LogP contribution in [-0.4, -0.2) is 29.3 Å². The van der Waals surface area contributed by atoms with Crippen molar-refractivity contribution in [2.45, 2.75) is 36.8 Å². The van der Waals surface area contributed by atoms with Gasteiger partial charge in [-0.05, 0) is 48.4 Å². The SMILES string of the molecule is N#Cc1ccc(C2CC(C(=O)Nc3ccc(O)cc3)NC2C(F)(F)F)cc1C(F)(F)F. The van der Waals surface area contributed by atoms with Crippen LogP contribution in [0.5, 0.6) is 5.75 Å². The molecule has 3 N–H and O–H groups in total. The third kappa shape index (κ3) is 4.91. The fourth-order valence-electron chi connectivity index (χ4n) is 3.52. The summed E-state index contributed by atoms with van der Waals surface area (Å²) in [6.07, 6.45) is -10.2. The summed E-state index contributed by atoms with van der Waals surface area (Å²) in [5.74, 6) is -2.34. The maximum atomic E-state index is 13.6. The van der Waals surface area contributed by atoms with Gasteiger partial charge in [-0.1, -0.05) is 6.07 Å². The molecule has 0 saturated carbocycles. The summed E-state index contributed by atoms with van der Waals surface area (Å²) in [4.78, 5) is 12.4. The molecular weight excluding hydrogens is 428 g/mol. The van der Waals surface area contributed by atoms with Crippen LogP contribution in [-0.2, 0) is 11.0 Å². The normalized spacial score (nSPS) is 21.5. The monoisotopic (exact) mass is 443 g/mol. The summed E-state index contributed by atoms with van der Waals surface area (Å²) in [5.41, 5.74) is -2.08. The summed E-state index contributed by atoms with van der Waals surface area (Å²) in [6.45, 7) is 0. The second kappa shape index (κ2) is 8.11. The van der Waals surface area contributed by atoms with E-state index >= 15 is 0 Å². The minimum atomic E-state index is -4.92. The number of nitrogens with one attached hydrogen (secondary N) is 2. The van der Waals surface area contributed by atoms with Crippen molar-refractivity contribution in [3.05, 3.63) is 59.2 Å². The number of phenolic OH excluding ortho intramolecular Hbond substituents is 1. The molecule has 0 bridgehead atoms. The van der Waals surface area contributed by atoms with Crippen LogP contribution in [0.4, 0.5) is 32.0 Å². The predicted molar refractivity (Wildman–Crippen MR) is 97.0 cm³/mol. The van der Waals surface area contributed by atoms with Crippen LogP contribution in [0.25, 0.3) is 0 Å². The summed E-state index contributed by atoms with van der Waals surface area (Å²) >= 11 is 0. The summed E-state index contributed by atoms with van der Waals surface area (Å²) in [6, 6.07) is 5.44. The van der Waals surface area contributed by atoms with Crippen LogP contribution >= 0.6 is 0 Å². The molecule has 2 aromatic rings. The molecular formula is C20H15F6N3O2. The fourth-order valence-corrected chi connectivity index (χ4v) is 3.52. The first-order chi connectivity index (χ1) is 14.4. The number of carbonyl (C=O) groups is 1. The van der Waals surface area contributed by atoms with Crippen LogP contribution < -0.4 is 10.6 Å². The number of phenols is 1. The number of rotatable bonds is 3. The van der Waals surface area contributed by atoms with Gasteiger partial charge < -0.3 is 10.4 Å². The minimum Gasteiger partial charge on any atom is -0.508 e. The van der Waals surface area contributed by atoms with E-state index in [9.17, 15) is 36.2 Å². The highest BCUT2D eigenvalue weighted by atomic mass is 19.4. The van der Waals surface area contributed by atoms with Crippen LogP contribution in [0.15, 0.2) is 42.5 Å². The molecule has 2 aromatic carbocycles. The van der Waals surface area contributed by atoms with Gasteiger partial charge in [-0.15, -0.1) is 0 Å². The van der Waals surface area contributed by atoms with Crippen molar-refractivity contribution >= 4 is 11.6 Å². The lowest BCUT2D eigenvalue weighted by Gasteiger charge is -2.23. The molecule has 0 aliphatic carbocycles. The Morgan fingerprint density at radius 3 is 2.29 bits per heavy atom. The third-order valence-electron chi connectivity index (χ3n) is 4.97. The quantitative estimate of drug-likeness (QED) is 0.488. The van der Waals surface area contributed by atoms with Crippen molar-refractivity contribution in [2.75, 3.05) is 5.32 Å². The Balaban J connectivity index is 1.90. The molecule has 11 heteroatoms. The standard InChI is InChI=1S/C20H15F6N3O2/c21-19(22,23)15-7-10(1-2-11(15)9-27)14-8-16(29-17(14)20(24,25)26)18(31)28-12-3-5-13(30)6-4-12/h1-7,14,16-17,29-30H,8H2,(H,28,31). The van der Waals surface area contributed by atoms with Crippen LogP contribution in [0.2, 0.25) is 0 Å². The van der Waals surface area contributed by atoms with E-state index in [1.54, 1.807) is 0 Å². The number of hydrogen-bond acceptors (Lipinski definition) is 4. The first-order valence-electron chi connectivity index (χ1n) is 8.94. The molecule has 164 valence electrons. The van der Waals surface area contributed by atoms with Crippen molar-refractivity contribution in [1.29, 1.82) is 5.26 Å². The van der Waals surface area contributed by atoms with E-state index in [1.807, 2.05) is 0 Å². The smallest absolute Gasteiger partial charge is 0.417 e. The second-order valence-electron chi connectivity index (χ2n) is 7.03. The van der Waals surface area contributed by atoms with E-state index in [0.29, 0.717) is 6.07 Å². The number of hydrogen-bond donors (Lipinski definition) is 3. The molecule has 0 spiro atoms. The molecule has 31 heavy (non-hydrogen) atoms. The zero-order chi connectivity index (χ0) is 23.0. The van der Waals surface area contributed by atoms with E-state index in [4.69, 9.17) is 5.26 Å². The summed E-state index contributed by atoms with van der Waals surface area (Å²) < 4.78 is 80.5. The van der Waals surface area contributed by atoms with Gasteiger partial charge in [0.05, 0.1) is 23.2 Å². The molecule has 1 heterocycles. The minimum absolute atomic E-state index is 0.0736. The number of alkyl halides is 6. The molecule has 1 fully saturated rings. The molecule has 1 amide bonds. The van der Waals surface area contributed by atoms with Crippen molar-refractivity contribution in [3.8, 4) is 11.8 Å². The first-order valence-corrected chi connectivity index (χ1v) is 8.94. The van der Waals surface area contributed by atoms with Gasteiger partial charge in [0, 0.05) is 11.6 Å². The second-order valence-corrected chi connectivity index (χ2v) is 7.03. The maximum Gasteiger partial charge on any atom is 0.417 e. The Labute approximate surface area is 172 Å². The molecule has 1 aliphatic heterocycles. The number of anilines is 1. The van der Waals surface area contributed by atoms with Crippen molar-refractivity contribution in [3.63, 3.8) is 0 Å². The average molecular weight is 443 g/mol. The number of nitriles is 1. The van der Waals surface area contributed by atoms with E-state index in [1.165, 1.54) is 30.3 Å². The highest BCUT2D eigenvalue weighted by Gasteiger charge is 2.52. The molecule has 5 nitrogen and oxygen atoms in total. The Morgan fingerprint density at radius 1 is 1.10 bits per heavy atom. The topological polar surface area (TPSA) is 85.2 Å². The van der Waals surface area contributed by atoms with Gasteiger partial charge in [0.15, 0.2) is 0 Å². The molecule has 3 atom stereocenters. The Kier molecular flexibility index (Phi) is 5.87. The average Bonchev–Trinajstić information content (AvgIpc) is 3.15. The van der Waals surface area contributed by atoms with Crippen LogP contribution in [0.1, 0.15) is 29.0 Å². The van der Waals surface area contributed by atoms with Crippen molar-refractivity contribution in [2.24, 2.45) is 0 Å². The first kappa shape index (κ1) is 22.4. The van der Waals surface area contributed by atoms with E-state index < -0.39 is 53.8 Å². The number of aromatic hydroxyl groups is 1. The predicted octanol–water partition coefficient (Wildman–Crippen LogP) is 4.30. The number of amides is 1. The van der Waals surface area contributed by atoms with Gasteiger partial charge in [-0.3, -0.25) is 10.1 Å². The lowest BCUT2D eigenvalue weighted by atomic mass is 9.88. The third-order valence-corrected chi connectivity index (χ3v) is 4.97. The zero-order valence-electron chi connectivity index (χ0n) is 15.6. The van der Waals surface area contributed by atoms with Crippen LogP contribution in [0, 0.1) is 11.3 Å². The highest BCUT2D eigenvalue weighted by molar-refractivity contribution is 5.95. The fraction of sp³-hybridized carbons (Fsp3) is 0.300. The maximum absolute atomic E-state index is 13.6. The Bertz CT molecular complexity index is 1010.